The number of benzene rings is 1. The van der Waals surface area contributed by atoms with Gasteiger partial charge in [0.25, 0.3) is 0 Å². The van der Waals surface area contributed by atoms with Crippen LogP contribution in [0.25, 0.3) is 11.2 Å². The topological polar surface area (TPSA) is 130 Å². The second-order valence-electron chi connectivity index (χ2n) is 8.14. The lowest BCUT2D eigenvalue weighted by atomic mass is 10.1. The molecule has 2 fully saturated rings. The molecule has 4 atom stereocenters. The fraction of sp³-hybridized carbons (Fsp3) is 0.429. The van der Waals surface area contributed by atoms with Gasteiger partial charge in [-0.25, -0.2) is 15.0 Å². The van der Waals surface area contributed by atoms with Crippen molar-refractivity contribution in [3.05, 3.63) is 46.5 Å². The number of halogens is 1. The van der Waals surface area contributed by atoms with E-state index >= 15 is 0 Å². The van der Waals surface area contributed by atoms with Gasteiger partial charge >= 0.3 is 0 Å². The summed E-state index contributed by atoms with van der Waals surface area (Å²) in [5, 5.41) is 8.93. The Morgan fingerprint density at radius 1 is 1.22 bits per heavy atom. The van der Waals surface area contributed by atoms with Crippen LogP contribution in [0.1, 0.15) is 31.2 Å². The molecule has 3 aromatic rings. The number of nitrogen functional groups attached to an aromatic ring is 1. The highest BCUT2D eigenvalue weighted by Gasteiger charge is 2.56. The van der Waals surface area contributed by atoms with Crippen LogP contribution in [0.4, 0.5) is 5.82 Å². The number of imidazole rings is 1. The first kappa shape index (κ1) is 21.2. The number of nitrogens with zero attached hydrogens (tertiary/aromatic N) is 5. The number of nitrogens with two attached hydrogens (primary N) is 1. The van der Waals surface area contributed by atoms with Gasteiger partial charge in [-0.15, -0.1) is 0 Å². The summed E-state index contributed by atoms with van der Waals surface area (Å²) in [6, 6.07) is 9.38. The molecule has 0 spiro atoms. The van der Waals surface area contributed by atoms with Crippen molar-refractivity contribution >= 4 is 32.9 Å². The van der Waals surface area contributed by atoms with E-state index in [1.165, 1.54) is 6.33 Å². The quantitative estimate of drug-likeness (QED) is 0.525. The van der Waals surface area contributed by atoms with Crippen molar-refractivity contribution in [3.8, 4) is 6.07 Å². The zero-order chi connectivity index (χ0) is 22.5. The lowest BCUT2D eigenvalue weighted by molar-refractivity contribution is -0.202. The van der Waals surface area contributed by atoms with Crippen molar-refractivity contribution in [1.29, 1.82) is 5.26 Å². The van der Waals surface area contributed by atoms with Crippen LogP contribution in [0.15, 0.2) is 35.3 Å². The van der Waals surface area contributed by atoms with E-state index in [9.17, 15) is 0 Å². The first-order chi connectivity index (χ1) is 15.4. The van der Waals surface area contributed by atoms with Gasteiger partial charge in [0, 0.05) is 0 Å². The summed E-state index contributed by atoms with van der Waals surface area (Å²) in [4.78, 5) is 12.8. The van der Waals surface area contributed by atoms with Gasteiger partial charge in [-0.1, -0.05) is 12.1 Å². The van der Waals surface area contributed by atoms with E-state index in [2.05, 4.69) is 37.0 Å². The maximum absolute atomic E-state index is 8.93. The van der Waals surface area contributed by atoms with Crippen molar-refractivity contribution < 1.29 is 18.9 Å². The summed E-state index contributed by atoms with van der Waals surface area (Å²) < 4.78 is 26.9. The number of aromatic nitrogens is 4. The Balaban J connectivity index is 1.37. The first-order valence-corrected chi connectivity index (χ1v) is 10.9. The van der Waals surface area contributed by atoms with Crippen LogP contribution in [-0.2, 0) is 25.6 Å². The Kier molecular flexibility index (Phi) is 5.35. The van der Waals surface area contributed by atoms with E-state index in [4.69, 9.17) is 29.9 Å². The van der Waals surface area contributed by atoms with Crippen LogP contribution in [-0.4, -0.2) is 50.2 Å². The van der Waals surface area contributed by atoms with Gasteiger partial charge in [0.2, 0.25) is 0 Å². The normalized spacial score (nSPS) is 26.3. The number of anilines is 1. The van der Waals surface area contributed by atoms with Crippen LogP contribution >= 0.6 is 15.9 Å². The molecule has 0 bridgehead atoms. The van der Waals surface area contributed by atoms with Gasteiger partial charge in [-0.3, -0.25) is 4.57 Å². The Morgan fingerprint density at radius 3 is 2.72 bits per heavy atom. The Morgan fingerprint density at radius 2 is 1.97 bits per heavy atom. The predicted octanol–water partition coefficient (Wildman–Crippen LogP) is 2.68. The largest absolute Gasteiger partial charge is 0.382 e. The fourth-order valence-corrected chi connectivity index (χ4v) is 4.64. The smallest absolute Gasteiger partial charge is 0.181 e. The number of rotatable bonds is 5. The summed E-state index contributed by atoms with van der Waals surface area (Å²) in [5.41, 5.74) is 8.58. The molecule has 0 radical (unpaired) electrons. The van der Waals surface area contributed by atoms with E-state index in [1.54, 1.807) is 16.7 Å². The molecular weight excluding hydrogens is 480 g/mol. The van der Waals surface area contributed by atoms with Gasteiger partial charge in [-0.05, 0) is 47.5 Å². The van der Waals surface area contributed by atoms with E-state index < -0.39 is 18.1 Å². The number of hydrogen-bond acceptors (Lipinski definition) is 9. The molecule has 0 amide bonds. The maximum Gasteiger partial charge on any atom is 0.181 e. The molecule has 1 aromatic carbocycles. The van der Waals surface area contributed by atoms with E-state index in [0.29, 0.717) is 34.7 Å². The van der Waals surface area contributed by atoms with Crippen LogP contribution in [0, 0.1) is 11.3 Å². The standard InChI is InChI=1S/C21H21BrN6O4/c1-21(2)31-15-13(9-29-8-12-5-3-11(7-23)4-6-12)30-19(16(15)32-21)28-18-14(27-20(28)22)17(24)25-10-26-18/h3-6,10,13,15-16,19H,8-9H2,1-2H3,(H2,24,25,26)/t13-,15?,16+,19-/m1/s1. The van der Waals surface area contributed by atoms with Crippen molar-refractivity contribution in [3.63, 3.8) is 0 Å². The number of nitriles is 1. The minimum atomic E-state index is -0.764. The Bertz CT molecular complexity index is 1190. The third kappa shape index (κ3) is 3.74. The lowest BCUT2D eigenvalue weighted by Crippen LogP contribution is -2.32. The molecule has 2 saturated heterocycles. The van der Waals surface area contributed by atoms with Gasteiger partial charge in [0.1, 0.15) is 24.6 Å². The molecule has 2 aliphatic heterocycles. The zero-order valence-electron chi connectivity index (χ0n) is 17.4. The molecule has 32 heavy (non-hydrogen) atoms. The first-order valence-electron chi connectivity index (χ1n) is 10.1. The molecule has 166 valence electrons. The average molecular weight is 501 g/mol. The lowest BCUT2D eigenvalue weighted by Gasteiger charge is -2.25. The van der Waals surface area contributed by atoms with Gasteiger partial charge < -0.3 is 24.7 Å². The van der Waals surface area contributed by atoms with Crippen LogP contribution < -0.4 is 5.73 Å². The molecule has 2 aromatic heterocycles. The van der Waals surface area contributed by atoms with Crippen LogP contribution in [0.3, 0.4) is 0 Å². The molecule has 10 nitrogen and oxygen atoms in total. The third-order valence-corrected chi connectivity index (χ3v) is 6.04. The summed E-state index contributed by atoms with van der Waals surface area (Å²) in [6.07, 6.45) is -0.242. The van der Waals surface area contributed by atoms with Gasteiger partial charge in [0.15, 0.2) is 33.7 Å². The molecule has 11 heteroatoms. The highest BCUT2D eigenvalue weighted by Crippen LogP contribution is 2.45. The minimum absolute atomic E-state index is 0.287. The number of fused-ring (bicyclic) bond motifs is 2. The zero-order valence-corrected chi connectivity index (χ0v) is 19.0. The minimum Gasteiger partial charge on any atom is -0.382 e. The predicted molar refractivity (Wildman–Crippen MR) is 116 cm³/mol. The van der Waals surface area contributed by atoms with Crippen molar-refractivity contribution in [2.45, 2.75) is 50.8 Å². The van der Waals surface area contributed by atoms with E-state index in [1.807, 2.05) is 26.0 Å². The summed E-state index contributed by atoms with van der Waals surface area (Å²) >= 11 is 3.49. The molecule has 2 aliphatic rings. The molecular formula is C21H21BrN6O4. The third-order valence-electron chi connectivity index (χ3n) is 5.48. The number of ether oxygens (including phenoxy) is 4. The summed E-state index contributed by atoms with van der Waals surface area (Å²) in [5.74, 6) is -0.477. The second kappa shape index (κ2) is 8.06. The van der Waals surface area contributed by atoms with E-state index in [-0.39, 0.29) is 18.0 Å². The summed E-state index contributed by atoms with van der Waals surface area (Å²) in [6.45, 7) is 4.44. The summed E-state index contributed by atoms with van der Waals surface area (Å²) in [7, 11) is 0. The van der Waals surface area contributed by atoms with Crippen LogP contribution in [0.2, 0.25) is 0 Å². The molecule has 0 aliphatic carbocycles. The molecule has 4 heterocycles. The Hall–Kier alpha value is -2.62. The molecule has 0 saturated carbocycles. The Labute approximate surface area is 192 Å². The highest BCUT2D eigenvalue weighted by molar-refractivity contribution is 9.10. The fourth-order valence-electron chi connectivity index (χ4n) is 4.09. The van der Waals surface area contributed by atoms with Gasteiger partial charge in [-0.2, -0.15) is 5.26 Å². The van der Waals surface area contributed by atoms with Crippen molar-refractivity contribution in [2.24, 2.45) is 0 Å². The molecule has 5 rings (SSSR count). The molecule has 2 N–H and O–H groups in total. The van der Waals surface area contributed by atoms with E-state index in [0.717, 1.165) is 5.56 Å². The van der Waals surface area contributed by atoms with Crippen molar-refractivity contribution in [1.82, 2.24) is 19.5 Å². The second-order valence-corrected chi connectivity index (χ2v) is 8.84. The average Bonchev–Trinajstić information content (AvgIpc) is 3.37. The monoisotopic (exact) mass is 500 g/mol. The number of hydrogen-bond donors (Lipinski definition) is 1. The maximum atomic E-state index is 8.93. The van der Waals surface area contributed by atoms with Crippen molar-refractivity contribution in [2.75, 3.05) is 12.3 Å². The van der Waals surface area contributed by atoms with Crippen LogP contribution in [0.5, 0.6) is 0 Å². The SMILES string of the molecule is CC1(C)OC2[C@@H](COCc3ccc(C#N)cc3)O[C@@H](n3c(Br)nc4c(N)ncnc43)[C@H]2O1. The van der Waals surface area contributed by atoms with Gasteiger partial charge in [0.05, 0.1) is 24.8 Å². The highest BCUT2D eigenvalue weighted by atomic mass is 79.9. The molecule has 1 unspecified atom stereocenters.